The summed E-state index contributed by atoms with van der Waals surface area (Å²) >= 11 is -0.543. The monoisotopic (exact) mass is 536 g/mol. The van der Waals surface area contributed by atoms with E-state index in [9.17, 15) is 9.59 Å². The van der Waals surface area contributed by atoms with Crippen LogP contribution in [-0.4, -0.2) is 45.9 Å². The van der Waals surface area contributed by atoms with Gasteiger partial charge in [-0.15, -0.1) is 6.08 Å². The summed E-state index contributed by atoms with van der Waals surface area (Å²) in [5, 5.41) is 0. The zero-order chi connectivity index (χ0) is 18.6. The average molecular weight is 533 g/mol. The zero-order valence-electron chi connectivity index (χ0n) is 15.4. The molecule has 0 heterocycles. The van der Waals surface area contributed by atoms with Crippen LogP contribution in [0.5, 0.6) is 0 Å². The van der Waals surface area contributed by atoms with E-state index < -0.39 is 31.7 Å². The minimum atomic E-state index is -0.703. The molecule has 2 aromatic rings. The molecule has 0 fully saturated rings. The van der Waals surface area contributed by atoms with E-state index in [1.54, 1.807) is 0 Å². The number of rotatable bonds is 2. The predicted octanol–water partition coefficient (Wildman–Crippen LogP) is 3.87. The number of carbonyl (C=O) groups excluding carboxylic acids is 2. The van der Waals surface area contributed by atoms with Gasteiger partial charge in [-0.05, 0) is 0 Å². The van der Waals surface area contributed by atoms with Crippen LogP contribution in [0.15, 0.2) is 66.7 Å². The van der Waals surface area contributed by atoms with Crippen molar-refractivity contribution < 1.29 is 40.1 Å². The zero-order valence-corrected chi connectivity index (χ0v) is 20.3. The van der Waals surface area contributed by atoms with Crippen LogP contribution in [-0.2, 0) is 40.1 Å². The fourth-order valence-electron chi connectivity index (χ4n) is 0.877. The SMILES string of the molecule is COC(=O)[C-]=CC(=O)OC.[CH3][Sn]([CH3])[CH3].[Mo].c1cc[cH-]c1.c1cc[cH-]c1. The van der Waals surface area contributed by atoms with Gasteiger partial charge in [0.1, 0.15) is 0 Å². The molecule has 25 heavy (non-hydrogen) atoms. The van der Waals surface area contributed by atoms with Crippen LogP contribution in [0, 0.1) is 6.08 Å². The maximum Gasteiger partial charge on any atom is 0 e. The molecule has 2 rings (SSSR count). The van der Waals surface area contributed by atoms with Crippen molar-refractivity contribution in [2.45, 2.75) is 14.8 Å². The second-order valence-corrected chi connectivity index (χ2v) is 13.3. The summed E-state index contributed by atoms with van der Waals surface area (Å²) in [6.45, 7) is 0. The number of ether oxygens (including phenoxy) is 2. The van der Waals surface area contributed by atoms with Gasteiger partial charge in [0.15, 0.2) is 5.97 Å². The second kappa shape index (κ2) is 22.9. The molecule has 0 amide bonds. The van der Waals surface area contributed by atoms with Crippen molar-refractivity contribution in [3.05, 3.63) is 72.8 Å². The number of methoxy groups -OCH3 is 2. The van der Waals surface area contributed by atoms with Crippen LogP contribution < -0.4 is 0 Å². The quantitative estimate of drug-likeness (QED) is 0.255. The molecule has 0 aliphatic rings. The summed E-state index contributed by atoms with van der Waals surface area (Å²) in [5.41, 5.74) is 0. The van der Waals surface area contributed by atoms with Crippen LogP contribution in [0.3, 0.4) is 0 Å². The standard InChI is InChI=1S/C6H7O4.2C5H5.3CH3.Mo.Sn/c1-9-5(7)3-4-6(8)10-2;2*1-2-4-5-3-1;;;;;/h3H,1-2H3;2*1-5H;3*1H3;;/q3*-1;;;;;. The molecule has 0 spiro atoms. The Balaban J connectivity index is -0.000000273. The molecular weight excluding hydrogens is 507 g/mol. The van der Waals surface area contributed by atoms with Gasteiger partial charge in [-0.25, -0.2) is 24.3 Å². The minimum Gasteiger partial charge on any atom is -0.214 e. The Morgan fingerprint density at radius 3 is 1.44 bits per heavy atom. The van der Waals surface area contributed by atoms with Gasteiger partial charge in [0.2, 0.25) is 5.97 Å². The van der Waals surface area contributed by atoms with E-state index in [-0.39, 0.29) is 21.1 Å². The van der Waals surface area contributed by atoms with Gasteiger partial charge in [0, 0.05) is 21.1 Å². The molecule has 0 bridgehead atoms. The normalized spacial score (nSPS) is 8.40. The fourth-order valence-corrected chi connectivity index (χ4v) is 0.877. The van der Waals surface area contributed by atoms with E-state index in [1.165, 1.54) is 14.2 Å². The Hall–Kier alpha value is -1.13. The van der Waals surface area contributed by atoms with E-state index in [0.717, 1.165) is 6.08 Å². The predicted molar refractivity (Wildman–Crippen MR) is 99.3 cm³/mol. The average Bonchev–Trinajstić information content (AvgIpc) is 3.29. The van der Waals surface area contributed by atoms with Crippen LogP contribution in [0.4, 0.5) is 0 Å². The van der Waals surface area contributed by atoms with E-state index in [4.69, 9.17) is 0 Å². The molecular formula is C19H26MoO4Sn-3. The third kappa shape index (κ3) is 31.2. The van der Waals surface area contributed by atoms with Crippen LogP contribution in [0.25, 0.3) is 0 Å². The van der Waals surface area contributed by atoms with Gasteiger partial charge in [0.25, 0.3) is 0 Å². The van der Waals surface area contributed by atoms with Crippen molar-refractivity contribution in [3.63, 3.8) is 0 Å². The molecule has 0 saturated carbocycles. The van der Waals surface area contributed by atoms with Gasteiger partial charge in [-0.3, -0.25) is 4.79 Å². The first-order valence-corrected chi connectivity index (χ1v) is 15.9. The number of carbonyl (C=O) groups is 2. The first-order chi connectivity index (χ1) is 11.4. The Morgan fingerprint density at radius 2 is 1.24 bits per heavy atom. The second-order valence-electron chi connectivity index (χ2n) is 4.73. The summed E-state index contributed by atoms with van der Waals surface area (Å²) in [7, 11) is 2.40. The molecule has 0 atom stereocenters. The molecule has 0 aliphatic carbocycles. The fraction of sp³-hybridized carbons (Fsp3) is 0.263. The largest absolute Gasteiger partial charge is 0.214 e. The van der Waals surface area contributed by atoms with Gasteiger partial charge in [-0.1, -0.05) is 0 Å². The third-order valence-electron chi connectivity index (χ3n) is 1.81. The molecule has 0 aromatic heterocycles. The first kappa shape index (κ1) is 28.7. The number of hydrogen-bond acceptors (Lipinski definition) is 4. The van der Waals surface area contributed by atoms with Crippen molar-refractivity contribution >= 4 is 31.7 Å². The Kier molecular flexibility index (Phi) is 26.2. The minimum absolute atomic E-state index is 0. The summed E-state index contributed by atoms with van der Waals surface area (Å²) in [6, 6.07) is 20.0. The van der Waals surface area contributed by atoms with Crippen molar-refractivity contribution in [3.8, 4) is 0 Å². The van der Waals surface area contributed by atoms with Crippen molar-refractivity contribution in [1.82, 2.24) is 0 Å². The molecule has 139 valence electrons. The summed E-state index contributed by atoms with van der Waals surface area (Å²) < 4.78 is 8.34. The molecule has 0 saturated heterocycles. The van der Waals surface area contributed by atoms with Crippen molar-refractivity contribution in [2.24, 2.45) is 0 Å². The van der Waals surface area contributed by atoms with E-state index in [0.29, 0.717) is 0 Å². The smallest absolute Gasteiger partial charge is 0 e. The van der Waals surface area contributed by atoms with Crippen LogP contribution in [0.1, 0.15) is 0 Å². The van der Waals surface area contributed by atoms with Gasteiger partial charge in [-0.2, -0.15) is 42.5 Å². The first-order valence-electron chi connectivity index (χ1n) is 7.29. The molecule has 0 unspecified atom stereocenters. The van der Waals surface area contributed by atoms with Crippen LogP contribution in [0.2, 0.25) is 14.8 Å². The summed E-state index contributed by atoms with van der Waals surface area (Å²) in [6.07, 6.45) is 2.89. The third-order valence-corrected chi connectivity index (χ3v) is 1.81. The number of hydrogen-bond donors (Lipinski definition) is 0. The Bertz CT molecular complexity index is 424. The summed E-state index contributed by atoms with van der Waals surface area (Å²) in [4.78, 5) is 27.6. The van der Waals surface area contributed by atoms with E-state index in [1.807, 2.05) is 66.7 Å². The van der Waals surface area contributed by atoms with Gasteiger partial charge < -0.3 is 14.3 Å². The topological polar surface area (TPSA) is 52.6 Å². The summed E-state index contributed by atoms with van der Waals surface area (Å²) in [5.74, 6) is -1.34. The molecule has 0 aliphatic heterocycles. The van der Waals surface area contributed by atoms with Gasteiger partial charge >= 0.3 is 34.6 Å². The van der Waals surface area contributed by atoms with Crippen molar-refractivity contribution in [1.29, 1.82) is 0 Å². The maximum absolute atomic E-state index is 10.3. The molecule has 2 aromatic carbocycles. The molecule has 4 nitrogen and oxygen atoms in total. The molecule has 1 radical (unpaired) electrons. The Labute approximate surface area is 172 Å². The van der Waals surface area contributed by atoms with E-state index in [2.05, 4.69) is 24.3 Å². The molecule has 0 N–H and O–H groups in total. The van der Waals surface area contributed by atoms with Crippen LogP contribution >= 0.6 is 0 Å². The Morgan fingerprint density at radius 1 is 0.880 bits per heavy atom. The van der Waals surface area contributed by atoms with E-state index >= 15 is 0 Å². The molecule has 6 heteroatoms. The van der Waals surface area contributed by atoms with Crippen molar-refractivity contribution in [2.75, 3.05) is 14.2 Å². The number of esters is 2. The maximum atomic E-state index is 10.3. The van der Waals surface area contributed by atoms with Gasteiger partial charge in [0.05, 0.1) is 14.2 Å².